The fraction of sp³-hybridized carbons (Fsp3) is 0.588. The Kier molecular flexibility index (Phi) is 4.97. The number of halogens is 3. The van der Waals surface area contributed by atoms with Crippen LogP contribution in [0.25, 0.3) is 0 Å². The van der Waals surface area contributed by atoms with E-state index in [1.54, 1.807) is 12.1 Å². The van der Waals surface area contributed by atoms with E-state index in [0.29, 0.717) is 12.1 Å². The highest BCUT2D eigenvalue weighted by atomic mass is 19.4. The number of hydrogen-bond donors (Lipinski definition) is 2. The van der Waals surface area contributed by atoms with Gasteiger partial charge in [0.2, 0.25) is 5.91 Å². The molecule has 24 heavy (non-hydrogen) atoms. The Hall–Kier alpha value is -1.60. The molecular weight excluding hydrogens is 321 g/mol. The maximum atomic E-state index is 12.4. The van der Waals surface area contributed by atoms with Gasteiger partial charge in [-0.2, -0.15) is 13.2 Å². The number of hydrogen-bond acceptors (Lipinski definition) is 3. The molecule has 4 nitrogen and oxygen atoms in total. The number of aliphatic hydroxyl groups is 1. The van der Waals surface area contributed by atoms with Gasteiger partial charge in [0.05, 0.1) is 18.7 Å². The highest BCUT2D eigenvalue weighted by Crippen LogP contribution is 2.45. The van der Waals surface area contributed by atoms with Crippen molar-refractivity contribution in [3.63, 3.8) is 0 Å². The van der Waals surface area contributed by atoms with Crippen LogP contribution >= 0.6 is 0 Å². The smallest absolute Gasteiger partial charge is 0.388 e. The minimum Gasteiger partial charge on any atom is -0.388 e. The molecule has 0 saturated heterocycles. The summed E-state index contributed by atoms with van der Waals surface area (Å²) in [5.74, 6) is -0.520. The van der Waals surface area contributed by atoms with Crippen molar-refractivity contribution in [1.82, 2.24) is 4.90 Å². The highest BCUT2D eigenvalue weighted by Gasteiger charge is 2.36. The first kappa shape index (κ1) is 18.7. The SMILES string of the molecule is C[C@H](C(=O)Nc1ccc2c(c1)[C@@H](O)CC2(C)C)N(C)CC(F)(F)F. The average molecular weight is 344 g/mol. The summed E-state index contributed by atoms with van der Waals surface area (Å²) in [5.41, 5.74) is 2.12. The second-order valence-corrected chi connectivity index (χ2v) is 7.10. The van der Waals surface area contributed by atoms with Gasteiger partial charge < -0.3 is 10.4 Å². The lowest BCUT2D eigenvalue weighted by molar-refractivity contribution is -0.149. The Balaban J connectivity index is 2.09. The molecule has 1 aliphatic rings. The van der Waals surface area contributed by atoms with Gasteiger partial charge in [-0.25, -0.2) is 0 Å². The second kappa shape index (κ2) is 6.37. The highest BCUT2D eigenvalue weighted by molar-refractivity contribution is 5.94. The minimum atomic E-state index is -4.35. The predicted octanol–water partition coefficient (Wildman–Crippen LogP) is 3.22. The lowest BCUT2D eigenvalue weighted by Crippen LogP contribution is -2.44. The Bertz CT molecular complexity index is 629. The quantitative estimate of drug-likeness (QED) is 0.882. The summed E-state index contributed by atoms with van der Waals surface area (Å²) in [4.78, 5) is 13.1. The van der Waals surface area contributed by atoms with Gasteiger partial charge >= 0.3 is 6.18 Å². The summed E-state index contributed by atoms with van der Waals surface area (Å²) in [7, 11) is 1.26. The molecule has 0 spiro atoms. The molecule has 0 heterocycles. The number of carbonyl (C=O) groups is 1. The minimum absolute atomic E-state index is 0.141. The van der Waals surface area contributed by atoms with Crippen molar-refractivity contribution >= 4 is 11.6 Å². The van der Waals surface area contributed by atoms with E-state index in [1.165, 1.54) is 14.0 Å². The van der Waals surface area contributed by atoms with Gasteiger partial charge in [-0.05, 0) is 49.1 Å². The number of benzene rings is 1. The lowest BCUT2D eigenvalue weighted by atomic mass is 9.86. The topological polar surface area (TPSA) is 52.6 Å². The van der Waals surface area contributed by atoms with Crippen molar-refractivity contribution in [1.29, 1.82) is 0 Å². The Morgan fingerprint density at radius 2 is 2.08 bits per heavy atom. The summed E-state index contributed by atoms with van der Waals surface area (Å²) in [5, 5.41) is 12.8. The average Bonchev–Trinajstić information content (AvgIpc) is 2.65. The van der Waals surface area contributed by atoms with E-state index in [2.05, 4.69) is 5.32 Å². The lowest BCUT2D eigenvalue weighted by Gasteiger charge is -2.25. The molecule has 2 N–H and O–H groups in total. The summed E-state index contributed by atoms with van der Waals surface area (Å²) in [6, 6.07) is 4.34. The van der Waals surface area contributed by atoms with Crippen molar-refractivity contribution in [3.8, 4) is 0 Å². The number of rotatable bonds is 4. The molecule has 0 aliphatic heterocycles. The Labute approximate surface area is 139 Å². The molecule has 1 amide bonds. The van der Waals surface area contributed by atoms with Crippen LogP contribution in [0.4, 0.5) is 18.9 Å². The fourth-order valence-electron chi connectivity index (χ4n) is 3.10. The number of likely N-dealkylation sites (N-methyl/N-ethyl adjacent to an activating group) is 1. The van der Waals surface area contributed by atoms with E-state index in [9.17, 15) is 23.1 Å². The van der Waals surface area contributed by atoms with Crippen LogP contribution in [0.2, 0.25) is 0 Å². The first-order chi connectivity index (χ1) is 10.9. The van der Waals surface area contributed by atoms with Gasteiger partial charge in [-0.1, -0.05) is 19.9 Å². The molecule has 2 atom stereocenters. The van der Waals surface area contributed by atoms with Gasteiger partial charge in [0, 0.05) is 5.69 Å². The number of aliphatic hydroxyl groups excluding tert-OH is 1. The van der Waals surface area contributed by atoms with E-state index < -0.39 is 30.8 Å². The molecule has 0 unspecified atom stereocenters. The molecule has 0 saturated carbocycles. The number of anilines is 1. The van der Waals surface area contributed by atoms with E-state index in [4.69, 9.17) is 0 Å². The zero-order chi connectivity index (χ0) is 18.3. The largest absolute Gasteiger partial charge is 0.401 e. The second-order valence-electron chi connectivity index (χ2n) is 7.10. The third kappa shape index (κ3) is 4.08. The first-order valence-corrected chi connectivity index (χ1v) is 7.81. The molecule has 0 aromatic heterocycles. The molecule has 1 aliphatic carbocycles. The van der Waals surface area contributed by atoms with Gasteiger partial charge in [0.15, 0.2) is 0 Å². The summed E-state index contributed by atoms with van der Waals surface area (Å²) >= 11 is 0. The van der Waals surface area contributed by atoms with Crippen LogP contribution in [0.15, 0.2) is 18.2 Å². The van der Waals surface area contributed by atoms with E-state index in [0.717, 1.165) is 16.0 Å². The summed E-state index contributed by atoms with van der Waals surface area (Å²) in [6.07, 6.45) is -4.35. The zero-order valence-corrected chi connectivity index (χ0v) is 14.2. The number of nitrogens with one attached hydrogen (secondary N) is 1. The van der Waals surface area contributed by atoms with Gasteiger partial charge in [0.25, 0.3) is 0 Å². The molecule has 134 valence electrons. The standard InChI is InChI=1S/C17H23F3N2O2/c1-10(22(4)9-17(18,19)20)15(24)21-11-5-6-13-12(7-11)14(23)8-16(13,2)3/h5-7,10,14,23H,8-9H2,1-4H3,(H,21,24)/t10-,14+/m1/s1. The van der Waals surface area contributed by atoms with E-state index >= 15 is 0 Å². The van der Waals surface area contributed by atoms with Crippen LogP contribution < -0.4 is 5.32 Å². The Morgan fingerprint density at radius 1 is 1.46 bits per heavy atom. The maximum absolute atomic E-state index is 12.4. The number of carbonyl (C=O) groups excluding carboxylic acids is 1. The fourth-order valence-corrected chi connectivity index (χ4v) is 3.10. The number of amides is 1. The van der Waals surface area contributed by atoms with Crippen molar-refractivity contribution in [3.05, 3.63) is 29.3 Å². The first-order valence-electron chi connectivity index (χ1n) is 7.81. The molecule has 7 heteroatoms. The molecule has 0 bridgehead atoms. The van der Waals surface area contributed by atoms with Crippen molar-refractivity contribution < 1.29 is 23.1 Å². The van der Waals surface area contributed by atoms with Crippen LogP contribution in [-0.4, -0.2) is 41.7 Å². The van der Waals surface area contributed by atoms with Crippen LogP contribution in [0, 0.1) is 0 Å². The zero-order valence-electron chi connectivity index (χ0n) is 14.2. The molecular formula is C17H23F3N2O2. The molecule has 1 aromatic rings. The molecule has 0 fully saturated rings. The third-order valence-electron chi connectivity index (χ3n) is 4.58. The summed E-state index contributed by atoms with van der Waals surface area (Å²) in [6.45, 7) is 4.34. The van der Waals surface area contributed by atoms with Crippen LogP contribution in [0.5, 0.6) is 0 Å². The molecule has 1 aromatic carbocycles. The van der Waals surface area contributed by atoms with Gasteiger partial charge in [0.1, 0.15) is 0 Å². The number of nitrogens with zero attached hydrogens (tertiary/aromatic N) is 1. The number of alkyl halides is 3. The molecule has 2 rings (SSSR count). The monoisotopic (exact) mass is 344 g/mol. The van der Waals surface area contributed by atoms with Crippen LogP contribution in [-0.2, 0) is 10.2 Å². The van der Waals surface area contributed by atoms with Crippen molar-refractivity contribution in [2.24, 2.45) is 0 Å². The summed E-state index contributed by atoms with van der Waals surface area (Å²) < 4.78 is 37.3. The maximum Gasteiger partial charge on any atom is 0.401 e. The van der Waals surface area contributed by atoms with E-state index in [1.807, 2.05) is 19.9 Å². The number of fused-ring (bicyclic) bond motifs is 1. The van der Waals surface area contributed by atoms with Crippen LogP contribution in [0.1, 0.15) is 44.4 Å². The van der Waals surface area contributed by atoms with E-state index in [-0.39, 0.29) is 5.41 Å². The van der Waals surface area contributed by atoms with Crippen LogP contribution in [0.3, 0.4) is 0 Å². The van der Waals surface area contributed by atoms with Crippen molar-refractivity contribution in [2.45, 2.75) is 50.9 Å². The van der Waals surface area contributed by atoms with Crippen molar-refractivity contribution in [2.75, 3.05) is 18.9 Å². The normalized spacial score (nSPS) is 20.8. The van der Waals surface area contributed by atoms with Gasteiger partial charge in [-0.15, -0.1) is 0 Å². The third-order valence-corrected chi connectivity index (χ3v) is 4.58. The molecule has 0 radical (unpaired) electrons. The van der Waals surface area contributed by atoms with Gasteiger partial charge in [-0.3, -0.25) is 9.69 Å². The Morgan fingerprint density at radius 3 is 2.67 bits per heavy atom. The predicted molar refractivity (Wildman–Crippen MR) is 85.8 cm³/mol.